The molecule has 0 spiro atoms. The summed E-state index contributed by atoms with van der Waals surface area (Å²) in [6.07, 6.45) is 8.33. The molecule has 0 aliphatic heterocycles. The van der Waals surface area contributed by atoms with E-state index in [1.165, 1.54) is 44.1 Å². The molecule has 0 radical (unpaired) electrons. The lowest BCUT2D eigenvalue weighted by Gasteiger charge is -2.30. The Morgan fingerprint density at radius 3 is 2.44 bits per heavy atom. The Bertz CT molecular complexity index is 341. The first-order valence-electron chi connectivity index (χ1n) is 7.27. The maximum Gasteiger partial charge on any atom is 0.0406 e. The van der Waals surface area contributed by atoms with Gasteiger partial charge in [-0.25, -0.2) is 0 Å². The van der Waals surface area contributed by atoms with Crippen LogP contribution in [0.15, 0.2) is 24.3 Å². The number of halogens is 1. The lowest BCUT2D eigenvalue weighted by atomic mass is 9.83. The van der Waals surface area contributed by atoms with Crippen molar-refractivity contribution in [2.75, 3.05) is 0 Å². The summed E-state index contributed by atoms with van der Waals surface area (Å²) in [5.74, 6) is 0.885. The topological polar surface area (TPSA) is 12.0 Å². The minimum Gasteiger partial charge on any atom is -0.310 e. The highest BCUT2D eigenvalue weighted by Gasteiger charge is 2.21. The van der Waals surface area contributed by atoms with Gasteiger partial charge in [0, 0.05) is 17.6 Å². The Labute approximate surface area is 116 Å². The zero-order valence-electron chi connectivity index (χ0n) is 11.3. The third-order valence-electron chi connectivity index (χ3n) is 4.14. The summed E-state index contributed by atoms with van der Waals surface area (Å²) in [4.78, 5) is 0. The Hall–Kier alpha value is -0.530. The monoisotopic (exact) mass is 265 g/mol. The standard InChI is InChI=1S/C16H24ClN/c1-2-16(14-6-4-3-5-7-14)18-12-13-8-10-15(17)11-9-13/h8-11,14,16,18H,2-7,12H2,1H3. The molecule has 1 unspecified atom stereocenters. The van der Waals surface area contributed by atoms with Crippen LogP contribution in [0.1, 0.15) is 51.0 Å². The van der Waals surface area contributed by atoms with E-state index in [9.17, 15) is 0 Å². The summed E-state index contributed by atoms with van der Waals surface area (Å²) in [5.41, 5.74) is 1.33. The van der Waals surface area contributed by atoms with Crippen LogP contribution in [0.25, 0.3) is 0 Å². The molecule has 0 bridgehead atoms. The number of hydrogen-bond donors (Lipinski definition) is 1. The van der Waals surface area contributed by atoms with Crippen LogP contribution in [0.4, 0.5) is 0 Å². The van der Waals surface area contributed by atoms with Crippen molar-refractivity contribution in [2.24, 2.45) is 5.92 Å². The number of hydrogen-bond acceptors (Lipinski definition) is 1. The van der Waals surface area contributed by atoms with Crippen LogP contribution < -0.4 is 5.32 Å². The Morgan fingerprint density at radius 1 is 1.17 bits per heavy atom. The van der Waals surface area contributed by atoms with Crippen molar-refractivity contribution in [2.45, 2.75) is 58.0 Å². The van der Waals surface area contributed by atoms with Gasteiger partial charge in [-0.1, -0.05) is 49.9 Å². The first-order chi connectivity index (χ1) is 8.79. The molecule has 1 atom stereocenters. The molecular weight excluding hydrogens is 242 g/mol. The van der Waals surface area contributed by atoms with Crippen molar-refractivity contribution in [3.63, 3.8) is 0 Å². The zero-order chi connectivity index (χ0) is 12.8. The van der Waals surface area contributed by atoms with Crippen molar-refractivity contribution < 1.29 is 0 Å². The summed E-state index contributed by atoms with van der Waals surface area (Å²) in [6.45, 7) is 3.26. The number of nitrogens with one attached hydrogen (secondary N) is 1. The van der Waals surface area contributed by atoms with E-state index in [1.54, 1.807) is 0 Å². The van der Waals surface area contributed by atoms with Crippen LogP contribution in [-0.4, -0.2) is 6.04 Å². The van der Waals surface area contributed by atoms with Crippen molar-refractivity contribution in [3.05, 3.63) is 34.9 Å². The summed E-state index contributed by atoms with van der Waals surface area (Å²) in [6, 6.07) is 8.85. The summed E-state index contributed by atoms with van der Waals surface area (Å²) in [5, 5.41) is 4.55. The average Bonchev–Trinajstić information content (AvgIpc) is 2.43. The van der Waals surface area contributed by atoms with Crippen LogP contribution in [0.3, 0.4) is 0 Å². The average molecular weight is 266 g/mol. The molecule has 0 amide bonds. The van der Waals surface area contributed by atoms with Gasteiger partial charge in [-0.3, -0.25) is 0 Å². The molecule has 1 N–H and O–H groups in total. The normalized spacial score (nSPS) is 18.8. The van der Waals surface area contributed by atoms with Crippen molar-refractivity contribution in [1.29, 1.82) is 0 Å². The maximum absolute atomic E-state index is 5.90. The van der Waals surface area contributed by atoms with Gasteiger partial charge >= 0.3 is 0 Å². The highest BCUT2D eigenvalue weighted by atomic mass is 35.5. The molecule has 1 aliphatic rings. The van der Waals surface area contributed by atoms with Gasteiger partial charge < -0.3 is 5.32 Å². The van der Waals surface area contributed by atoms with E-state index >= 15 is 0 Å². The van der Waals surface area contributed by atoms with E-state index in [0.29, 0.717) is 6.04 Å². The van der Waals surface area contributed by atoms with Crippen LogP contribution in [0, 0.1) is 5.92 Å². The predicted octanol–water partition coefficient (Wildman–Crippen LogP) is 4.79. The first kappa shape index (κ1) is 13.9. The largest absolute Gasteiger partial charge is 0.310 e. The first-order valence-corrected chi connectivity index (χ1v) is 7.65. The van der Waals surface area contributed by atoms with E-state index in [0.717, 1.165) is 17.5 Å². The molecule has 1 aromatic carbocycles. The second-order valence-corrected chi connectivity index (χ2v) is 5.86. The minimum atomic E-state index is 0.681. The van der Waals surface area contributed by atoms with Crippen LogP contribution in [0.2, 0.25) is 5.02 Å². The summed E-state index contributed by atoms with van der Waals surface area (Å²) in [7, 11) is 0. The van der Waals surface area contributed by atoms with Gasteiger partial charge in [0.25, 0.3) is 0 Å². The molecule has 18 heavy (non-hydrogen) atoms. The van der Waals surface area contributed by atoms with Gasteiger partial charge in [0.2, 0.25) is 0 Å². The maximum atomic E-state index is 5.90. The molecule has 2 heteroatoms. The molecule has 100 valence electrons. The molecule has 1 aliphatic carbocycles. The molecule has 0 saturated heterocycles. The van der Waals surface area contributed by atoms with Crippen molar-refractivity contribution in [3.8, 4) is 0 Å². The Balaban J connectivity index is 1.84. The molecule has 1 saturated carbocycles. The lowest BCUT2D eigenvalue weighted by Crippen LogP contribution is -2.36. The fourth-order valence-corrected chi connectivity index (χ4v) is 3.16. The van der Waals surface area contributed by atoms with E-state index in [2.05, 4.69) is 24.4 Å². The van der Waals surface area contributed by atoms with E-state index < -0.39 is 0 Å². The summed E-state index contributed by atoms with van der Waals surface area (Å²) < 4.78 is 0. The van der Waals surface area contributed by atoms with Gasteiger partial charge in [0.15, 0.2) is 0 Å². The SMILES string of the molecule is CCC(NCc1ccc(Cl)cc1)C1CCCCC1. The van der Waals surface area contributed by atoms with Gasteiger partial charge in [-0.15, -0.1) is 0 Å². The third kappa shape index (κ3) is 4.00. The van der Waals surface area contributed by atoms with Gasteiger partial charge in [0.05, 0.1) is 0 Å². The lowest BCUT2D eigenvalue weighted by molar-refractivity contribution is 0.262. The molecule has 1 aromatic rings. The molecular formula is C16H24ClN. The highest BCUT2D eigenvalue weighted by Crippen LogP contribution is 2.27. The third-order valence-corrected chi connectivity index (χ3v) is 4.39. The quantitative estimate of drug-likeness (QED) is 0.807. The van der Waals surface area contributed by atoms with Crippen LogP contribution in [0.5, 0.6) is 0 Å². The molecule has 0 aromatic heterocycles. The Morgan fingerprint density at radius 2 is 1.83 bits per heavy atom. The second kappa shape index (κ2) is 7.16. The predicted molar refractivity (Wildman–Crippen MR) is 78.9 cm³/mol. The zero-order valence-corrected chi connectivity index (χ0v) is 12.0. The van der Waals surface area contributed by atoms with Crippen LogP contribution in [-0.2, 0) is 6.54 Å². The van der Waals surface area contributed by atoms with E-state index in [1.807, 2.05) is 12.1 Å². The van der Waals surface area contributed by atoms with Gasteiger partial charge in [0.1, 0.15) is 0 Å². The van der Waals surface area contributed by atoms with E-state index in [4.69, 9.17) is 11.6 Å². The number of rotatable bonds is 5. The van der Waals surface area contributed by atoms with Gasteiger partial charge in [-0.2, -0.15) is 0 Å². The van der Waals surface area contributed by atoms with Crippen molar-refractivity contribution in [1.82, 2.24) is 5.32 Å². The number of benzene rings is 1. The molecule has 2 rings (SSSR count). The smallest absolute Gasteiger partial charge is 0.0406 e. The molecule has 0 heterocycles. The van der Waals surface area contributed by atoms with E-state index in [-0.39, 0.29) is 0 Å². The highest BCUT2D eigenvalue weighted by molar-refractivity contribution is 6.30. The molecule has 1 fully saturated rings. The Kier molecular flexibility index (Phi) is 5.52. The molecule has 1 nitrogen and oxygen atoms in total. The van der Waals surface area contributed by atoms with Gasteiger partial charge in [-0.05, 0) is 42.9 Å². The van der Waals surface area contributed by atoms with Crippen LogP contribution >= 0.6 is 11.6 Å². The van der Waals surface area contributed by atoms with Crippen molar-refractivity contribution >= 4 is 11.6 Å². The minimum absolute atomic E-state index is 0.681. The fourth-order valence-electron chi connectivity index (χ4n) is 3.03. The fraction of sp³-hybridized carbons (Fsp3) is 0.625. The second-order valence-electron chi connectivity index (χ2n) is 5.42. The summed E-state index contributed by atoms with van der Waals surface area (Å²) >= 11 is 5.90.